The Morgan fingerprint density at radius 2 is 1.71 bits per heavy atom. The van der Waals surface area contributed by atoms with E-state index in [0.29, 0.717) is 0 Å². The number of carboxylic acid groups (broad SMARTS) is 2. The lowest BCUT2D eigenvalue weighted by atomic mass is 9.78. The molecule has 1 rings (SSSR count). The number of carbonyl (C=O) groups is 2. The Hall–Kier alpha value is -1.17. The molecule has 0 aliphatic carbocycles. The molecule has 0 aromatic carbocycles. The highest BCUT2D eigenvalue weighted by Gasteiger charge is 2.62. The van der Waals surface area contributed by atoms with E-state index in [0.717, 1.165) is 17.8 Å². The first-order chi connectivity index (χ1) is 7.47. The number of thioether (sulfide) groups is 1. The molecular formula is C11H16O5S. The second-order valence-corrected chi connectivity index (χ2v) is 6.94. The zero-order valence-electron chi connectivity index (χ0n) is 10.1. The van der Waals surface area contributed by atoms with E-state index < -0.39 is 32.6 Å². The molecule has 1 heterocycles. The summed E-state index contributed by atoms with van der Waals surface area (Å²) in [5.41, 5.74) is -0.808. The van der Waals surface area contributed by atoms with Crippen molar-refractivity contribution in [1.29, 1.82) is 0 Å². The van der Waals surface area contributed by atoms with Gasteiger partial charge in [-0.1, -0.05) is 20.8 Å². The van der Waals surface area contributed by atoms with Gasteiger partial charge in [0.2, 0.25) is 0 Å². The van der Waals surface area contributed by atoms with E-state index in [1.165, 1.54) is 6.92 Å². The minimum atomic E-state index is -1.62. The lowest BCUT2D eigenvalue weighted by molar-refractivity contribution is -0.142. The number of carboxylic acids is 2. The molecular weight excluding hydrogens is 244 g/mol. The van der Waals surface area contributed by atoms with Crippen LogP contribution in [0.4, 0.5) is 0 Å². The quantitative estimate of drug-likeness (QED) is 0.701. The highest BCUT2D eigenvalue weighted by atomic mass is 32.2. The van der Waals surface area contributed by atoms with Crippen LogP contribution in [0.25, 0.3) is 0 Å². The monoisotopic (exact) mass is 260 g/mol. The molecule has 5 nitrogen and oxygen atoms in total. The molecule has 0 radical (unpaired) electrons. The zero-order chi connectivity index (χ0) is 13.6. The second kappa shape index (κ2) is 3.66. The topological polar surface area (TPSA) is 94.8 Å². The van der Waals surface area contributed by atoms with E-state index in [9.17, 15) is 19.8 Å². The van der Waals surface area contributed by atoms with Gasteiger partial charge < -0.3 is 15.3 Å². The van der Waals surface area contributed by atoms with Crippen molar-refractivity contribution in [3.8, 4) is 0 Å². The summed E-state index contributed by atoms with van der Waals surface area (Å²) in [6.07, 6.45) is 1.11. The normalized spacial score (nSPS) is 33.3. The van der Waals surface area contributed by atoms with Gasteiger partial charge in [0.05, 0.1) is 0 Å². The van der Waals surface area contributed by atoms with Crippen molar-refractivity contribution in [3.63, 3.8) is 0 Å². The molecule has 0 fully saturated rings. The largest absolute Gasteiger partial charge is 0.510 e. The molecule has 0 saturated carbocycles. The number of hydrogen-bond donors (Lipinski definition) is 3. The third-order valence-corrected chi connectivity index (χ3v) is 4.94. The van der Waals surface area contributed by atoms with Crippen molar-refractivity contribution >= 4 is 23.7 Å². The van der Waals surface area contributed by atoms with E-state index in [-0.39, 0.29) is 0 Å². The van der Waals surface area contributed by atoms with E-state index in [2.05, 4.69) is 0 Å². The maximum Gasteiger partial charge on any atom is 0.328 e. The fraction of sp³-hybridized carbons (Fsp3) is 0.636. The molecule has 0 bridgehead atoms. The Bertz CT molecular complexity index is 409. The standard InChI is InChI=1S/C11H16O5S/c1-9(2,3)11(8(15)16)6(12)5-10(4,17-11)7(13)14/h5,12H,1-4H3,(H,13,14)(H,15,16). The van der Waals surface area contributed by atoms with Crippen LogP contribution in [-0.4, -0.2) is 36.8 Å². The smallest absolute Gasteiger partial charge is 0.328 e. The highest BCUT2D eigenvalue weighted by Crippen LogP contribution is 2.57. The van der Waals surface area contributed by atoms with E-state index in [1.54, 1.807) is 20.8 Å². The average molecular weight is 260 g/mol. The minimum Gasteiger partial charge on any atom is -0.510 e. The fourth-order valence-corrected chi connectivity index (χ4v) is 3.33. The van der Waals surface area contributed by atoms with Crippen LogP contribution < -0.4 is 0 Å². The average Bonchev–Trinajstić information content (AvgIpc) is 2.38. The first-order valence-electron chi connectivity index (χ1n) is 5.06. The first kappa shape index (κ1) is 13.9. The van der Waals surface area contributed by atoms with Crippen LogP contribution in [0.5, 0.6) is 0 Å². The summed E-state index contributed by atoms with van der Waals surface area (Å²) >= 11 is 0.750. The second-order valence-electron chi connectivity index (χ2n) is 5.28. The van der Waals surface area contributed by atoms with E-state index in [4.69, 9.17) is 5.11 Å². The van der Waals surface area contributed by atoms with Gasteiger partial charge in [0.25, 0.3) is 0 Å². The van der Waals surface area contributed by atoms with Crippen LogP contribution in [0.2, 0.25) is 0 Å². The summed E-state index contributed by atoms with van der Waals surface area (Å²) in [6.45, 7) is 6.36. The maximum absolute atomic E-state index is 11.5. The van der Waals surface area contributed by atoms with Crippen LogP contribution in [-0.2, 0) is 9.59 Å². The molecule has 0 amide bonds. The highest BCUT2D eigenvalue weighted by molar-refractivity contribution is 8.04. The van der Waals surface area contributed by atoms with Crippen molar-refractivity contribution < 1.29 is 24.9 Å². The number of aliphatic hydroxyl groups is 1. The van der Waals surface area contributed by atoms with Gasteiger partial charge in [-0.2, -0.15) is 0 Å². The molecule has 17 heavy (non-hydrogen) atoms. The molecule has 0 spiro atoms. The fourth-order valence-electron chi connectivity index (χ4n) is 1.88. The van der Waals surface area contributed by atoms with Gasteiger partial charge in [0, 0.05) is 0 Å². The summed E-state index contributed by atoms with van der Waals surface area (Å²) in [7, 11) is 0. The SMILES string of the molecule is CC1(C(=O)O)C=C(O)C(C(=O)O)(C(C)(C)C)S1. The third kappa shape index (κ3) is 1.80. The molecule has 0 aromatic rings. The van der Waals surface area contributed by atoms with Crippen LogP contribution in [0.3, 0.4) is 0 Å². The maximum atomic E-state index is 11.5. The Kier molecular flexibility index (Phi) is 2.99. The Morgan fingerprint density at radius 3 is 1.88 bits per heavy atom. The van der Waals surface area contributed by atoms with Gasteiger partial charge in [-0.3, -0.25) is 9.59 Å². The van der Waals surface area contributed by atoms with Gasteiger partial charge in [0.1, 0.15) is 10.5 Å². The predicted octanol–water partition coefficient (Wildman–Crippen LogP) is 1.89. The van der Waals surface area contributed by atoms with Gasteiger partial charge in [-0.15, -0.1) is 11.8 Å². The molecule has 2 atom stereocenters. The lowest BCUT2D eigenvalue weighted by Crippen LogP contribution is -2.48. The lowest BCUT2D eigenvalue weighted by Gasteiger charge is -2.38. The molecule has 2 unspecified atom stereocenters. The van der Waals surface area contributed by atoms with Crippen LogP contribution in [0.1, 0.15) is 27.7 Å². The Labute approximate surface area is 104 Å². The van der Waals surface area contributed by atoms with Crippen molar-refractivity contribution in [2.45, 2.75) is 37.2 Å². The molecule has 6 heteroatoms. The summed E-state index contributed by atoms with van der Waals surface area (Å²) in [5.74, 6) is -2.79. The summed E-state index contributed by atoms with van der Waals surface area (Å²) in [5, 5.41) is 28.4. The van der Waals surface area contributed by atoms with Crippen LogP contribution in [0.15, 0.2) is 11.8 Å². The van der Waals surface area contributed by atoms with Crippen molar-refractivity contribution in [2.24, 2.45) is 5.41 Å². The summed E-state index contributed by atoms with van der Waals surface area (Å²) in [4.78, 5) is 22.6. The summed E-state index contributed by atoms with van der Waals surface area (Å²) < 4.78 is -3.05. The van der Waals surface area contributed by atoms with Gasteiger partial charge in [0.15, 0.2) is 4.75 Å². The van der Waals surface area contributed by atoms with Crippen molar-refractivity contribution in [1.82, 2.24) is 0 Å². The number of aliphatic hydroxyl groups excluding tert-OH is 1. The van der Waals surface area contributed by atoms with Crippen LogP contribution in [0, 0.1) is 5.41 Å². The van der Waals surface area contributed by atoms with E-state index >= 15 is 0 Å². The molecule has 96 valence electrons. The Morgan fingerprint density at radius 1 is 1.24 bits per heavy atom. The molecule has 3 N–H and O–H groups in total. The number of aliphatic carboxylic acids is 2. The molecule has 1 aliphatic rings. The van der Waals surface area contributed by atoms with Crippen molar-refractivity contribution in [2.75, 3.05) is 0 Å². The summed E-state index contributed by atoms with van der Waals surface area (Å²) in [6, 6.07) is 0. The van der Waals surface area contributed by atoms with Crippen molar-refractivity contribution in [3.05, 3.63) is 11.8 Å². The Balaban J connectivity index is 3.38. The molecule has 1 aliphatic heterocycles. The minimum absolute atomic E-state index is 0.396. The van der Waals surface area contributed by atoms with Crippen LogP contribution >= 0.6 is 11.8 Å². The van der Waals surface area contributed by atoms with Gasteiger partial charge >= 0.3 is 11.9 Å². The number of hydrogen-bond acceptors (Lipinski definition) is 4. The third-order valence-electron chi connectivity index (χ3n) is 2.92. The van der Waals surface area contributed by atoms with Gasteiger partial charge in [-0.05, 0) is 18.4 Å². The first-order valence-corrected chi connectivity index (χ1v) is 5.88. The predicted molar refractivity (Wildman–Crippen MR) is 64.2 cm³/mol. The molecule has 0 saturated heterocycles. The van der Waals surface area contributed by atoms with Gasteiger partial charge in [-0.25, -0.2) is 0 Å². The number of rotatable bonds is 2. The van der Waals surface area contributed by atoms with E-state index in [1.807, 2.05) is 0 Å². The molecule has 0 aromatic heterocycles. The zero-order valence-corrected chi connectivity index (χ0v) is 11.0.